The summed E-state index contributed by atoms with van der Waals surface area (Å²) in [6.07, 6.45) is 10.6. The van der Waals surface area contributed by atoms with E-state index < -0.39 is 0 Å². The van der Waals surface area contributed by atoms with Gasteiger partial charge in [-0.15, -0.1) is 0 Å². The minimum Gasteiger partial charge on any atom is -0.483 e. The summed E-state index contributed by atoms with van der Waals surface area (Å²) in [5, 5.41) is 8.11. The number of carboxylic acid groups (broad SMARTS) is 1. The van der Waals surface area contributed by atoms with Crippen LogP contribution >= 0.6 is 0 Å². The molecule has 8 nitrogen and oxygen atoms in total. The minimum atomic E-state index is -0.250. The molecule has 0 bridgehead atoms. The van der Waals surface area contributed by atoms with Crippen LogP contribution in [0.4, 0.5) is 0 Å². The Bertz CT molecular complexity index is 1150. The molecule has 3 aromatic heterocycles. The number of benzene rings is 1. The average molecular weight is 419 g/mol. The summed E-state index contributed by atoms with van der Waals surface area (Å²) in [6, 6.07) is 10.7. The van der Waals surface area contributed by atoms with Gasteiger partial charge < -0.3 is 19.0 Å². The highest BCUT2D eigenvalue weighted by atomic mass is 16.5. The molecule has 0 radical (unpaired) electrons. The van der Waals surface area contributed by atoms with E-state index in [0.29, 0.717) is 12.5 Å². The second kappa shape index (κ2) is 9.53. The van der Waals surface area contributed by atoms with Crippen molar-refractivity contribution in [3.05, 3.63) is 66.9 Å². The molecule has 0 unspecified atom stereocenters. The highest BCUT2D eigenvalue weighted by Gasteiger charge is 2.32. The second-order valence-corrected chi connectivity index (χ2v) is 7.36. The number of rotatable bonds is 5. The highest BCUT2D eigenvalue weighted by molar-refractivity contribution is 5.81. The van der Waals surface area contributed by atoms with Gasteiger partial charge >= 0.3 is 0 Å². The molecular weight excluding hydrogens is 394 g/mol. The van der Waals surface area contributed by atoms with Gasteiger partial charge in [-0.25, -0.2) is 9.97 Å². The van der Waals surface area contributed by atoms with E-state index in [1.807, 2.05) is 30.9 Å². The van der Waals surface area contributed by atoms with Crippen LogP contribution in [0.2, 0.25) is 0 Å². The van der Waals surface area contributed by atoms with Gasteiger partial charge in [-0.2, -0.15) is 0 Å². The van der Waals surface area contributed by atoms with Crippen molar-refractivity contribution in [2.75, 3.05) is 13.2 Å². The van der Waals surface area contributed by atoms with E-state index in [0.717, 1.165) is 36.7 Å². The van der Waals surface area contributed by atoms with Gasteiger partial charge in [0, 0.05) is 48.8 Å². The highest BCUT2D eigenvalue weighted by Crippen LogP contribution is 2.33. The Kier molecular flexibility index (Phi) is 6.37. The molecule has 0 spiro atoms. The Morgan fingerprint density at radius 3 is 2.68 bits per heavy atom. The molecule has 8 heteroatoms. The van der Waals surface area contributed by atoms with Crippen molar-refractivity contribution in [3.8, 4) is 11.6 Å². The lowest BCUT2D eigenvalue weighted by atomic mass is 9.93. The first-order valence-electron chi connectivity index (χ1n) is 10.3. The van der Waals surface area contributed by atoms with Gasteiger partial charge in [-0.05, 0) is 31.0 Å². The van der Waals surface area contributed by atoms with Crippen LogP contribution in [0.5, 0.6) is 0 Å². The normalized spacial score (nSPS) is 18.0. The number of aryl methyl sites for hydroxylation is 1. The fourth-order valence-electron chi connectivity index (χ4n) is 4.23. The number of hydrogen-bond acceptors (Lipinski definition) is 5. The zero-order valence-corrected chi connectivity index (χ0v) is 17.3. The Balaban J connectivity index is 0.000000730. The van der Waals surface area contributed by atoms with Crippen LogP contribution in [0.1, 0.15) is 18.5 Å². The molecule has 160 valence electrons. The van der Waals surface area contributed by atoms with E-state index in [1.54, 1.807) is 0 Å². The molecule has 1 aliphatic rings. The van der Waals surface area contributed by atoms with E-state index >= 15 is 0 Å². The molecule has 1 N–H and O–H groups in total. The van der Waals surface area contributed by atoms with E-state index in [-0.39, 0.29) is 12.5 Å². The summed E-state index contributed by atoms with van der Waals surface area (Å²) in [6.45, 7) is 4.19. The molecule has 0 aliphatic carbocycles. The number of aromatic nitrogens is 5. The van der Waals surface area contributed by atoms with Crippen LogP contribution in [0.25, 0.3) is 22.6 Å². The summed E-state index contributed by atoms with van der Waals surface area (Å²) in [5.74, 6) is 2.20. The topological polar surface area (TPSA) is 95.1 Å². The van der Waals surface area contributed by atoms with Crippen LogP contribution in [-0.2, 0) is 22.5 Å². The number of ether oxygens (including phenoxy) is 1. The first-order valence-corrected chi connectivity index (χ1v) is 10.3. The lowest BCUT2D eigenvalue weighted by molar-refractivity contribution is -0.122. The number of fused-ring (bicyclic) bond motifs is 1. The fraction of sp³-hybridized carbons (Fsp3) is 0.304. The molecule has 5 rings (SSSR count). The summed E-state index contributed by atoms with van der Waals surface area (Å²) < 4.78 is 10.3. The van der Waals surface area contributed by atoms with Crippen LogP contribution in [0, 0.1) is 5.92 Å². The maximum atomic E-state index is 8.36. The van der Waals surface area contributed by atoms with Crippen molar-refractivity contribution >= 4 is 17.4 Å². The monoisotopic (exact) mass is 419 g/mol. The Morgan fingerprint density at radius 1 is 1.06 bits per heavy atom. The molecule has 4 aromatic rings. The van der Waals surface area contributed by atoms with Crippen molar-refractivity contribution in [2.24, 2.45) is 5.92 Å². The van der Waals surface area contributed by atoms with Crippen molar-refractivity contribution in [3.63, 3.8) is 0 Å². The molecule has 1 aliphatic heterocycles. The quantitative estimate of drug-likeness (QED) is 0.498. The Morgan fingerprint density at radius 2 is 1.84 bits per heavy atom. The first-order chi connectivity index (χ1) is 15.3. The molecule has 0 amide bonds. The lowest BCUT2D eigenvalue weighted by Gasteiger charge is -2.21. The molecule has 2 atom stereocenters. The third-order valence-corrected chi connectivity index (χ3v) is 5.67. The molecule has 0 saturated carbocycles. The van der Waals surface area contributed by atoms with Gasteiger partial charge in [0.2, 0.25) is 0 Å². The Labute approximate surface area is 180 Å². The number of hydrogen-bond donors (Lipinski definition) is 1. The maximum Gasteiger partial charge on any atom is 0.290 e. The third kappa shape index (κ3) is 4.20. The molecule has 4 heterocycles. The number of nitrogens with zero attached hydrogens (tertiary/aromatic N) is 5. The summed E-state index contributed by atoms with van der Waals surface area (Å²) in [4.78, 5) is 22.0. The maximum absolute atomic E-state index is 8.36. The van der Waals surface area contributed by atoms with Crippen LogP contribution in [0.15, 0.2) is 61.3 Å². The van der Waals surface area contributed by atoms with Crippen molar-refractivity contribution in [2.45, 2.75) is 25.9 Å². The third-order valence-electron chi connectivity index (χ3n) is 5.67. The zero-order chi connectivity index (χ0) is 21.6. The van der Waals surface area contributed by atoms with Crippen LogP contribution in [-0.4, -0.2) is 48.9 Å². The van der Waals surface area contributed by atoms with Gasteiger partial charge in [0.05, 0.1) is 24.8 Å². The van der Waals surface area contributed by atoms with Crippen molar-refractivity contribution in [1.82, 2.24) is 24.1 Å². The SMILES string of the molecule is CCn1ccnc1-c1nccn1[C@@H]1COC[C@H]1Cc1ccnc2ccccc12.O=CO. The van der Waals surface area contributed by atoms with E-state index in [1.165, 1.54) is 10.9 Å². The largest absolute Gasteiger partial charge is 0.483 e. The lowest BCUT2D eigenvalue weighted by Crippen LogP contribution is -2.21. The van der Waals surface area contributed by atoms with Crippen molar-refractivity contribution < 1.29 is 14.6 Å². The predicted octanol–water partition coefficient (Wildman–Crippen LogP) is 3.45. The summed E-state index contributed by atoms with van der Waals surface area (Å²) >= 11 is 0. The molecule has 1 fully saturated rings. The second-order valence-electron chi connectivity index (χ2n) is 7.36. The average Bonchev–Trinajstić information content (AvgIpc) is 3.54. The standard InChI is InChI=1S/C22H23N5O.CH2O2/c1-2-26-11-9-24-21(26)22-25-10-12-27(22)20-15-28-14-17(20)13-16-7-8-23-19-6-4-3-5-18(16)19;2-1-3/h3-12,17,20H,2,13-15H2,1H3;1H,(H,2,3)/t17-,20-;/m1./s1. The number of imidazole rings is 2. The molecule has 31 heavy (non-hydrogen) atoms. The van der Waals surface area contributed by atoms with Gasteiger partial charge in [0.15, 0.2) is 11.6 Å². The summed E-state index contributed by atoms with van der Waals surface area (Å²) in [7, 11) is 0. The van der Waals surface area contributed by atoms with Gasteiger partial charge in [0.1, 0.15) is 0 Å². The molecular formula is C23H25N5O3. The van der Waals surface area contributed by atoms with Gasteiger partial charge in [0.25, 0.3) is 6.47 Å². The van der Waals surface area contributed by atoms with Crippen LogP contribution in [0.3, 0.4) is 0 Å². The zero-order valence-electron chi connectivity index (χ0n) is 17.3. The van der Waals surface area contributed by atoms with E-state index in [2.05, 4.69) is 61.5 Å². The van der Waals surface area contributed by atoms with Crippen LogP contribution < -0.4 is 0 Å². The van der Waals surface area contributed by atoms with Gasteiger partial charge in [-0.3, -0.25) is 9.78 Å². The first kappa shape index (κ1) is 20.7. The fourth-order valence-corrected chi connectivity index (χ4v) is 4.23. The van der Waals surface area contributed by atoms with E-state index in [9.17, 15) is 0 Å². The smallest absolute Gasteiger partial charge is 0.290 e. The summed E-state index contributed by atoms with van der Waals surface area (Å²) in [5.41, 5.74) is 2.37. The van der Waals surface area contributed by atoms with Crippen molar-refractivity contribution in [1.29, 1.82) is 0 Å². The number of carbonyl (C=O) groups is 1. The predicted molar refractivity (Wildman–Crippen MR) is 117 cm³/mol. The minimum absolute atomic E-state index is 0.242. The molecule has 1 saturated heterocycles. The van der Waals surface area contributed by atoms with Gasteiger partial charge in [-0.1, -0.05) is 18.2 Å². The van der Waals surface area contributed by atoms with E-state index in [4.69, 9.17) is 14.6 Å². The molecule has 1 aromatic carbocycles. The Hall–Kier alpha value is -3.52. The number of para-hydroxylation sites is 1. The number of pyridine rings is 1.